The summed E-state index contributed by atoms with van der Waals surface area (Å²) in [6.07, 6.45) is -4.45. The SMILES string of the molecule is NC(=O)N(c1cccc(Cl)c1)c1nc2ccc(C(F)(F)F)cc2s1. The molecule has 0 aliphatic heterocycles. The molecule has 24 heavy (non-hydrogen) atoms. The fourth-order valence-corrected chi connectivity index (χ4v) is 3.35. The second-order valence-electron chi connectivity index (χ2n) is 4.83. The fraction of sp³-hybridized carbons (Fsp3) is 0.0667. The van der Waals surface area contributed by atoms with Crippen molar-refractivity contribution in [3.05, 3.63) is 53.1 Å². The minimum Gasteiger partial charge on any atom is -0.351 e. The van der Waals surface area contributed by atoms with Crippen LogP contribution in [0, 0.1) is 0 Å². The highest BCUT2D eigenvalue weighted by Crippen LogP contribution is 2.37. The Labute approximate surface area is 143 Å². The number of benzene rings is 2. The number of nitrogens with zero attached hydrogens (tertiary/aromatic N) is 2. The minimum atomic E-state index is -4.45. The maximum atomic E-state index is 12.8. The summed E-state index contributed by atoms with van der Waals surface area (Å²) in [7, 11) is 0. The molecular formula is C15H9ClF3N3OS. The standard InChI is InChI=1S/C15H9ClF3N3OS/c16-9-2-1-3-10(7-9)22(13(20)23)14-21-11-5-4-8(15(17,18)19)6-12(11)24-14/h1-7H,(H2,20,23). The lowest BCUT2D eigenvalue weighted by Crippen LogP contribution is -2.31. The number of alkyl halides is 3. The zero-order valence-electron chi connectivity index (χ0n) is 11.8. The van der Waals surface area contributed by atoms with Crippen LogP contribution in [-0.4, -0.2) is 11.0 Å². The fourth-order valence-electron chi connectivity index (χ4n) is 2.13. The molecule has 2 amide bonds. The first kappa shape index (κ1) is 16.5. The largest absolute Gasteiger partial charge is 0.416 e. The third-order valence-electron chi connectivity index (χ3n) is 3.18. The van der Waals surface area contributed by atoms with Crippen LogP contribution in [0.1, 0.15) is 5.56 Å². The molecule has 4 nitrogen and oxygen atoms in total. The summed E-state index contributed by atoms with van der Waals surface area (Å²) in [5.74, 6) is 0. The number of carbonyl (C=O) groups excluding carboxylic acids is 1. The first-order valence-corrected chi connectivity index (χ1v) is 7.78. The Kier molecular flexibility index (Phi) is 4.10. The van der Waals surface area contributed by atoms with Crippen LogP contribution in [0.5, 0.6) is 0 Å². The Hall–Kier alpha value is -2.32. The van der Waals surface area contributed by atoms with Crippen LogP contribution in [-0.2, 0) is 6.18 Å². The molecule has 3 aromatic rings. The van der Waals surface area contributed by atoms with Crippen molar-refractivity contribution in [2.24, 2.45) is 5.73 Å². The number of hydrogen-bond acceptors (Lipinski definition) is 3. The van der Waals surface area contributed by atoms with E-state index in [1.165, 1.54) is 12.1 Å². The van der Waals surface area contributed by atoms with E-state index in [1.54, 1.807) is 18.2 Å². The van der Waals surface area contributed by atoms with Crippen LogP contribution in [0.25, 0.3) is 10.2 Å². The molecule has 0 saturated carbocycles. The molecule has 1 aromatic heterocycles. The second kappa shape index (κ2) is 5.95. The average molecular weight is 372 g/mol. The van der Waals surface area contributed by atoms with E-state index in [1.807, 2.05) is 0 Å². The number of halogens is 4. The Balaban J connectivity index is 2.10. The van der Waals surface area contributed by atoms with Gasteiger partial charge >= 0.3 is 12.2 Å². The quantitative estimate of drug-likeness (QED) is 0.674. The molecule has 0 fully saturated rings. The number of thiazole rings is 1. The number of nitrogens with two attached hydrogens (primary N) is 1. The van der Waals surface area contributed by atoms with E-state index in [9.17, 15) is 18.0 Å². The summed E-state index contributed by atoms with van der Waals surface area (Å²) in [4.78, 5) is 17.1. The Morgan fingerprint density at radius 3 is 2.58 bits per heavy atom. The highest BCUT2D eigenvalue weighted by Gasteiger charge is 2.31. The Bertz CT molecular complexity index is 926. The van der Waals surface area contributed by atoms with Gasteiger partial charge in [-0.3, -0.25) is 0 Å². The molecule has 3 rings (SSSR count). The normalized spacial score (nSPS) is 11.7. The minimum absolute atomic E-state index is 0.166. The van der Waals surface area contributed by atoms with Gasteiger partial charge in [0.15, 0.2) is 5.13 Å². The smallest absolute Gasteiger partial charge is 0.351 e. The van der Waals surface area contributed by atoms with Crippen molar-refractivity contribution in [1.29, 1.82) is 0 Å². The van der Waals surface area contributed by atoms with Gasteiger partial charge in [-0.1, -0.05) is 29.0 Å². The van der Waals surface area contributed by atoms with Gasteiger partial charge in [0.25, 0.3) is 0 Å². The number of hydrogen-bond donors (Lipinski definition) is 1. The number of fused-ring (bicyclic) bond motifs is 1. The molecule has 0 aliphatic carbocycles. The van der Waals surface area contributed by atoms with Crippen LogP contribution in [0.2, 0.25) is 5.02 Å². The lowest BCUT2D eigenvalue weighted by Gasteiger charge is -2.17. The monoisotopic (exact) mass is 371 g/mol. The number of amides is 2. The summed E-state index contributed by atoms with van der Waals surface area (Å²) < 4.78 is 38.7. The molecule has 1 heterocycles. The highest BCUT2D eigenvalue weighted by atomic mass is 35.5. The molecule has 2 N–H and O–H groups in total. The van der Waals surface area contributed by atoms with Gasteiger partial charge in [-0.15, -0.1) is 0 Å². The molecule has 9 heteroatoms. The molecule has 0 saturated heterocycles. The van der Waals surface area contributed by atoms with Crippen LogP contribution >= 0.6 is 22.9 Å². The molecule has 0 radical (unpaired) electrons. The van der Waals surface area contributed by atoms with Crippen molar-refractivity contribution < 1.29 is 18.0 Å². The van der Waals surface area contributed by atoms with Gasteiger partial charge in [-0.05, 0) is 36.4 Å². The van der Waals surface area contributed by atoms with Crippen molar-refractivity contribution in [3.63, 3.8) is 0 Å². The summed E-state index contributed by atoms with van der Waals surface area (Å²) in [6, 6.07) is 8.75. The van der Waals surface area contributed by atoms with Crippen molar-refractivity contribution >= 4 is 50.0 Å². The van der Waals surface area contributed by atoms with Crippen molar-refractivity contribution in [2.75, 3.05) is 4.90 Å². The molecule has 0 spiro atoms. The third-order valence-corrected chi connectivity index (χ3v) is 4.42. The van der Waals surface area contributed by atoms with E-state index >= 15 is 0 Å². The van der Waals surface area contributed by atoms with Crippen molar-refractivity contribution in [2.45, 2.75) is 6.18 Å². The van der Waals surface area contributed by atoms with Crippen LogP contribution in [0.15, 0.2) is 42.5 Å². The van der Waals surface area contributed by atoms with E-state index in [0.29, 0.717) is 20.9 Å². The topological polar surface area (TPSA) is 59.2 Å². The summed E-state index contributed by atoms with van der Waals surface area (Å²) in [5.41, 5.74) is 5.35. The zero-order valence-corrected chi connectivity index (χ0v) is 13.4. The van der Waals surface area contributed by atoms with Gasteiger partial charge in [0.1, 0.15) is 0 Å². The first-order valence-electron chi connectivity index (χ1n) is 6.58. The van der Waals surface area contributed by atoms with Crippen LogP contribution in [0.4, 0.5) is 28.8 Å². The van der Waals surface area contributed by atoms with Gasteiger partial charge in [0.05, 0.1) is 21.5 Å². The third kappa shape index (κ3) is 3.15. The second-order valence-corrected chi connectivity index (χ2v) is 6.28. The maximum absolute atomic E-state index is 12.8. The summed E-state index contributed by atoms with van der Waals surface area (Å²) in [6.45, 7) is 0. The lowest BCUT2D eigenvalue weighted by molar-refractivity contribution is -0.137. The number of rotatable bonds is 2. The highest BCUT2D eigenvalue weighted by molar-refractivity contribution is 7.22. The molecule has 2 aromatic carbocycles. The molecule has 0 atom stereocenters. The number of anilines is 2. The maximum Gasteiger partial charge on any atom is 0.416 e. The number of primary amides is 1. The van der Waals surface area contributed by atoms with Crippen LogP contribution < -0.4 is 10.6 Å². The van der Waals surface area contributed by atoms with E-state index in [2.05, 4.69) is 4.98 Å². The first-order chi connectivity index (χ1) is 11.3. The van der Waals surface area contributed by atoms with E-state index in [-0.39, 0.29) is 5.13 Å². The van der Waals surface area contributed by atoms with Crippen molar-refractivity contribution in [1.82, 2.24) is 4.98 Å². The predicted molar refractivity (Wildman–Crippen MR) is 87.8 cm³/mol. The predicted octanol–water partition coefficient (Wildman–Crippen LogP) is 5.19. The molecule has 0 bridgehead atoms. The van der Waals surface area contributed by atoms with Gasteiger partial charge in [-0.25, -0.2) is 14.7 Å². The van der Waals surface area contributed by atoms with Gasteiger partial charge in [0.2, 0.25) is 0 Å². The number of urea groups is 1. The van der Waals surface area contributed by atoms with Gasteiger partial charge < -0.3 is 5.73 Å². The van der Waals surface area contributed by atoms with E-state index < -0.39 is 17.8 Å². The number of carbonyl (C=O) groups is 1. The van der Waals surface area contributed by atoms with E-state index in [4.69, 9.17) is 17.3 Å². The lowest BCUT2D eigenvalue weighted by atomic mass is 10.2. The Morgan fingerprint density at radius 1 is 1.21 bits per heavy atom. The van der Waals surface area contributed by atoms with Crippen molar-refractivity contribution in [3.8, 4) is 0 Å². The number of aromatic nitrogens is 1. The average Bonchev–Trinajstić information content (AvgIpc) is 2.88. The van der Waals surface area contributed by atoms with Gasteiger partial charge in [0, 0.05) is 5.02 Å². The van der Waals surface area contributed by atoms with E-state index in [0.717, 1.165) is 28.4 Å². The molecule has 124 valence electrons. The molecular weight excluding hydrogens is 363 g/mol. The zero-order chi connectivity index (χ0) is 17.5. The van der Waals surface area contributed by atoms with Crippen LogP contribution in [0.3, 0.4) is 0 Å². The summed E-state index contributed by atoms with van der Waals surface area (Å²) in [5, 5.41) is 0.554. The molecule has 0 unspecified atom stereocenters. The van der Waals surface area contributed by atoms with Gasteiger partial charge in [-0.2, -0.15) is 13.2 Å². The summed E-state index contributed by atoms with van der Waals surface area (Å²) >= 11 is 6.85. The molecule has 0 aliphatic rings. The Morgan fingerprint density at radius 2 is 1.96 bits per heavy atom.